The molecular formula is C22H31N3O4. The molecule has 2 aliphatic heterocycles. The molecule has 0 aliphatic carbocycles. The number of piperazine rings is 1. The molecule has 2 fully saturated rings. The maximum absolute atomic E-state index is 12.8. The van der Waals surface area contributed by atoms with Crippen LogP contribution >= 0.6 is 0 Å². The molecule has 1 aromatic rings. The van der Waals surface area contributed by atoms with Crippen LogP contribution in [-0.4, -0.2) is 59.5 Å². The third-order valence-electron chi connectivity index (χ3n) is 6.22. The minimum Gasteiger partial charge on any atom is -0.481 e. The first-order valence-corrected chi connectivity index (χ1v) is 10.6. The third-order valence-corrected chi connectivity index (χ3v) is 6.22. The minimum atomic E-state index is -0.875. The molecule has 0 bridgehead atoms. The number of para-hydroxylation sites is 1. The molecule has 2 amide bonds. The molecule has 0 spiro atoms. The smallest absolute Gasteiger partial charge is 0.303 e. The number of carbonyl (C=O) groups excluding carboxylic acids is 2. The van der Waals surface area contributed by atoms with E-state index < -0.39 is 11.5 Å². The van der Waals surface area contributed by atoms with E-state index in [1.165, 1.54) is 11.3 Å². The number of carboxylic acid groups (broad SMARTS) is 1. The Kier molecular flexibility index (Phi) is 6.77. The quantitative estimate of drug-likeness (QED) is 0.697. The Morgan fingerprint density at radius 2 is 1.79 bits per heavy atom. The highest BCUT2D eigenvalue weighted by atomic mass is 16.4. The molecule has 7 heteroatoms. The monoisotopic (exact) mass is 401 g/mol. The molecule has 0 aromatic heterocycles. The first-order chi connectivity index (χ1) is 13.9. The number of hydrogen-bond acceptors (Lipinski definition) is 4. The number of aliphatic carboxylic acids is 1. The fourth-order valence-corrected chi connectivity index (χ4v) is 4.44. The van der Waals surface area contributed by atoms with Gasteiger partial charge in [-0.15, -0.1) is 0 Å². The molecule has 2 N–H and O–H groups in total. The van der Waals surface area contributed by atoms with Gasteiger partial charge in [-0.25, -0.2) is 0 Å². The van der Waals surface area contributed by atoms with Crippen molar-refractivity contribution in [3.63, 3.8) is 0 Å². The van der Waals surface area contributed by atoms with Gasteiger partial charge in [0.15, 0.2) is 0 Å². The SMILES string of the molecule is CCc1ccccc1N1CCN(C(=O)CC[C@]2(CCC(=O)O)CCC(=O)N2)CC1. The molecule has 2 aliphatic rings. The van der Waals surface area contributed by atoms with Crippen LogP contribution in [0.5, 0.6) is 0 Å². The number of aryl methyl sites for hydroxylation is 1. The Bertz CT molecular complexity index is 758. The second-order valence-corrected chi connectivity index (χ2v) is 8.07. The number of anilines is 1. The fourth-order valence-electron chi connectivity index (χ4n) is 4.44. The van der Waals surface area contributed by atoms with Gasteiger partial charge in [-0.1, -0.05) is 25.1 Å². The molecule has 3 rings (SSSR count). The lowest BCUT2D eigenvalue weighted by molar-refractivity contribution is -0.137. The zero-order valence-electron chi connectivity index (χ0n) is 17.2. The van der Waals surface area contributed by atoms with Crippen LogP contribution in [0.15, 0.2) is 24.3 Å². The minimum absolute atomic E-state index is 0.00395. The average Bonchev–Trinajstić information content (AvgIpc) is 3.12. The third kappa shape index (κ3) is 5.28. The Labute approximate surface area is 172 Å². The fraction of sp³-hybridized carbons (Fsp3) is 0.591. The number of carboxylic acids is 1. The van der Waals surface area contributed by atoms with Gasteiger partial charge in [-0.05, 0) is 37.3 Å². The van der Waals surface area contributed by atoms with Gasteiger partial charge < -0.3 is 20.2 Å². The highest BCUT2D eigenvalue weighted by Crippen LogP contribution is 2.31. The van der Waals surface area contributed by atoms with E-state index in [2.05, 4.69) is 41.4 Å². The summed E-state index contributed by atoms with van der Waals surface area (Å²) in [7, 11) is 0. The Morgan fingerprint density at radius 3 is 2.41 bits per heavy atom. The van der Waals surface area contributed by atoms with Crippen molar-refractivity contribution in [3.05, 3.63) is 29.8 Å². The van der Waals surface area contributed by atoms with Crippen LogP contribution in [0.25, 0.3) is 0 Å². The van der Waals surface area contributed by atoms with E-state index in [4.69, 9.17) is 5.11 Å². The molecular weight excluding hydrogens is 370 g/mol. The van der Waals surface area contributed by atoms with Crippen LogP contribution in [0, 0.1) is 0 Å². The van der Waals surface area contributed by atoms with E-state index in [0.29, 0.717) is 45.2 Å². The first kappa shape index (κ1) is 21.1. The molecule has 0 radical (unpaired) electrons. The Balaban J connectivity index is 1.52. The van der Waals surface area contributed by atoms with Gasteiger partial charge >= 0.3 is 5.97 Å². The average molecular weight is 402 g/mol. The van der Waals surface area contributed by atoms with Gasteiger partial charge in [0.1, 0.15) is 0 Å². The predicted molar refractivity (Wildman–Crippen MR) is 111 cm³/mol. The van der Waals surface area contributed by atoms with Gasteiger partial charge in [0.25, 0.3) is 0 Å². The topological polar surface area (TPSA) is 90.0 Å². The lowest BCUT2D eigenvalue weighted by atomic mass is 9.86. The number of rotatable bonds is 8. The van der Waals surface area contributed by atoms with Gasteiger partial charge in [0, 0.05) is 56.7 Å². The highest BCUT2D eigenvalue weighted by Gasteiger charge is 2.38. The normalized spacial score (nSPS) is 21.9. The van der Waals surface area contributed by atoms with Crippen LogP contribution in [0.3, 0.4) is 0 Å². The summed E-state index contributed by atoms with van der Waals surface area (Å²) in [5.74, 6) is -0.837. The molecule has 158 valence electrons. The van der Waals surface area contributed by atoms with Crippen LogP contribution in [0.1, 0.15) is 51.0 Å². The van der Waals surface area contributed by atoms with Gasteiger partial charge in [0.05, 0.1) is 0 Å². The summed E-state index contributed by atoms with van der Waals surface area (Å²) < 4.78 is 0. The maximum Gasteiger partial charge on any atom is 0.303 e. The van der Waals surface area contributed by atoms with E-state index in [0.717, 1.165) is 19.5 Å². The first-order valence-electron chi connectivity index (χ1n) is 10.6. The molecule has 7 nitrogen and oxygen atoms in total. The van der Waals surface area contributed by atoms with E-state index in [9.17, 15) is 14.4 Å². The number of nitrogens with zero attached hydrogens (tertiary/aromatic N) is 2. The van der Waals surface area contributed by atoms with Crippen molar-refractivity contribution in [2.24, 2.45) is 0 Å². The molecule has 0 saturated carbocycles. The second-order valence-electron chi connectivity index (χ2n) is 8.07. The summed E-state index contributed by atoms with van der Waals surface area (Å²) >= 11 is 0. The van der Waals surface area contributed by atoms with Crippen molar-refractivity contribution in [2.75, 3.05) is 31.1 Å². The summed E-state index contributed by atoms with van der Waals surface area (Å²) in [4.78, 5) is 39.7. The van der Waals surface area contributed by atoms with Crippen molar-refractivity contribution < 1.29 is 19.5 Å². The number of amides is 2. The number of benzene rings is 1. The Morgan fingerprint density at radius 1 is 1.10 bits per heavy atom. The van der Waals surface area contributed by atoms with Crippen LogP contribution in [0.4, 0.5) is 5.69 Å². The predicted octanol–water partition coefficient (Wildman–Crippen LogP) is 2.19. The van der Waals surface area contributed by atoms with Crippen molar-refractivity contribution in [1.29, 1.82) is 0 Å². The molecule has 1 atom stereocenters. The van der Waals surface area contributed by atoms with E-state index >= 15 is 0 Å². The number of carbonyl (C=O) groups is 3. The van der Waals surface area contributed by atoms with Crippen molar-refractivity contribution in [1.82, 2.24) is 10.2 Å². The summed E-state index contributed by atoms with van der Waals surface area (Å²) in [6, 6.07) is 8.41. The number of hydrogen-bond donors (Lipinski definition) is 2. The molecule has 29 heavy (non-hydrogen) atoms. The number of nitrogens with one attached hydrogen (secondary N) is 1. The van der Waals surface area contributed by atoms with Crippen LogP contribution in [-0.2, 0) is 20.8 Å². The molecule has 2 saturated heterocycles. The molecule has 1 aromatic carbocycles. The summed E-state index contributed by atoms with van der Waals surface area (Å²) in [5.41, 5.74) is 2.03. The summed E-state index contributed by atoms with van der Waals surface area (Å²) in [6.45, 7) is 5.14. The van der Waals surface area contributed by atoms with Crippen LogP contribution in [0.2, 0.25) is 0 Å². The summed E-state index contributed by atoms with van der Waals surface area (Å²) in [5, 5.41) is 11.9. The van der Waals surface area contributed by atoms with E-state index in [-0.39, 0.29) is 18.2 Å². The van der Waals surface area contributed by atoms with Crippen molar-refractivity contribution in [3.8, 4) is 0 Å². The summed E-state index contributed by atoms with van der Waals surface area (Å²) in [6.07, 6.45) is 3.22. The van der Waals surface area contributed by atoms with Gasteiger partial charge in [0.2, 0.25) is 11.8 Å². The van der Waals surface area contributed by atoms with Crippen molar-refractivity contribution >= 4 is 23.5 Å². The maximum atomic E-state index is 12.8. The zero-order valence-corrected chi connectivity index (χ0v) is 17.2. The second kappa shape index (κ2) is 9.29. The zero-order chi connectivity index (χ0) is 20.9. The highest BCUT2D eigenvalue weighted by molar-refractivity contribution is 5.80. The lowest BCUT2D eigenvalue weighted by Crippen LogP contribution is -2.50. The van der Waals surface area contributed by atoms with Gasteiger partial charge in [-0.3, -0.25) is 14.4 Å². The Hall–Kier alpha value is -2.57. The molecule has 0 unspecified atom stereocenters. The lowest BCUT2D eigenvalue weighted by Gasteiger charge is -2.37. The molecule has 2 heterocycles. The van der Waals surface area contributed by atoms with Gasteiger partial charge in [-0.2, -0.15) is 0 Å². The standard InChI is InChI=1S/C22H31N3O4/c1-2-17-5-3-4-6-18(17)24-13-15-25(16-14-24)20(27)8-11-22(12-9-21(28)29)10-7-19(26)23-22/h3-6H,2,7-16H2,1H3,(H,23,26)(H,28,29)/t22-/m0/s1. The van der Waals surface area contributed by atoms with Crippen molar-refractivity contribution in [2.45, 2.75) is 57.4 Å². The van der Waals surface area contributed by atoms with E-state index in [1.807, 2.05) is 4.90 Å². The largest absolute Gasteiger partial charge is 0.481 e. The van der Waals surface area contributed by atoms with E-state index in [1.54, 1.807) is 0 Å². The van der Waals surface area contributed by atoms with Crippen LogP contribution < -0.4 is 10.2 Å².